The lowest BCUT2D eigenvalue weighted by Crippen LogP contribution is -2.18. The summed E-state index contributed by atoms with van der Waals surface area (Å²) in [5, 5.41) is 10.6. The lowest BCUT2D eigenvalue weighted by atomic mass is 10.1. The van der Waals surface area contributed by atoms with E-state index in [0.717, 1.165) is 6.42 Å². The summed E-state index contributed by atoms with van der Waals surface area (Å²) < 4.78 is 16.5. The van der Waals surface area contributed by atoms with Crippen molar-refractivity contribution in [1.29, 1.82) is 0 Å². The number of rotatable bonds is 4. The third-order valence-electron chi connectivity index (χ3n) is 3.79. The van der Waals surface area contributed by atoms with E-state index in [9.17, 15) is 9.50 Å². The van der Waals surface area contributed by atoms with Gasteiger partial charge in [-0.25, -0.2) is 14.4 Å². The maximum absolute atomic E-state index is 14.8. The number of aromatic nitrogens is 4. The summed E-state index contributed by atoms with van der Waals surface area (Å²) in [6.45, 7) is 5.28. The zero-order valence-electron chi connectivity index (χ0n) is 13.7. The molecule has 0 saturated heterocycles. The van der Waals surface area contributed by atoms with Crippen molar-refractivity contribution in [2.75, 3.05) is 0 Å². The first-order valence-electron chi connectivity index (χ1n) is 7.74. The number of aliphatic hydroxyl groups is 1. The molecule has 0 unspecified atom stereocenters. The monoisotopic (exact) mass is 348 g/mol. The number of hydrogen-bond acceptors (Lipinski definition) is 4. The zero-order valence-corrected chi connectivity index (χ0v) is 14.5. The number of fused-ring (bicyclic) bond motifs is 1. The van der Waals surface area contributed by atoms with Gasteiger partial charge in [-0.15, -0.1) is 0 Å². The molecule has 0 radical (unpaired) electrons. The average molecular weight is 349 g/mol. The highest BCUT2D eigenvalue weighted by atomic mass is 35.5. The van der Waals surface area contributed by atoms with E-state index in [1.54, 1.807) is 36.6 Å². The minimum absolute atomic E-state index is 0.0444. The highest BCUT2D eigenvalue weighted by molar-refractivity contribution is 6.28. The van der Waals surface area contributed by atoms with E-state index in [0.29, 0.717) is 34.7 Å². The van der Waals surface area contributed by atoms with E-state index in [1.165, 1.54) is 6.20 Å². The molecule has 1 N–H and O–H groups in total. The van der Waals surface area contributed by atoms with Crippen LogP contribution in [-0.4, -0.2) is 24.6 Å². The fourth-order valence-corrected chi connectivity index (χ4v) is 2.78. The summed E-state index contributed by atoms with van der Waals surface area (Å²) >= 11 is 5.90. The van der Waals surface area contributed by atoms with Gasteiger partial charge >= 0.3 is 0 Å². The molecule has 3 rings (SSSR count). The van der Waals surface area contributed by atoms with Crippen LogP contribution in [0.2, 0.25) is 5.28 Å². The van der Waals surface area contributed by atoms with E-state index in [2.05, 4.69) is 15.0 Å². The van der Waals surface area contributed by atoms with E-state index >= 15 is 0 Å². The molecule has 0 aliphatic carbocycles. The first-order chi connectivity index (χ1) is 11.3. The molecule has 0 fully saturated rings. The molecule has 0 aliphatic rings. The fourth-order valence-electron chi connectivity index (χ4n) is 2.65. The van der Waals surface area contributed by atoms with Crippen molar-refractivity contribution in [3.05, 3.63) is 46.9 Å². The lowest BCUT2D eigenvalue weighted by molar-refractivity contribution is 0.0738. The fraction of sp³-hybridized carbons (Fsp3) is 0.353. The average Bonchev–Trinajstić information content (AvgIpc) is 2.79. The van der Waals surface area contributed by atoms with Crippen LogP contribution in [0, 0.1) is 5.82 Å². The Kier molecular flexibility index (Phi) is 4.27. The maximum Gasteiger partial charge on any atom is 0.224 e. The minimum atomic E-state index is -1.10. The molecule has 3 heterocycles. The summed E-state index contributed by atoms with van der Waals surface area (Å²) in [7, 11) is 0. The van der Waals surface area contributed by atoms with Crippen LogP contribution in [0.4, 0.5) is 4.39 Å². The second-order valence-corrected chi connectivity index (χ2v) is 6.50. The molecule has 0 aromatic carbocycles. The predicted octanol–water partition coefficient (Wildman–Crippen LogP) is 3.79. The van der Waals surface area contributed by atoms with Gasteiger partial charge in [0.1, 0.15) is 11.4 Å². The number of pyridine rings is 1. The third-order valence-corrected chi connectivity index (χ3v) is 3.97. The third kappa shape index (κ3) is 2.87. The molecule has 0 aliphatic heterocycles. The summed E-state index contributed by atoms with van der Waals surface area (Å²) in [6.07, 6.45) is 2.67. The molecule has 0 bridgehead atoms. The molecule has 126 valence electrons. The highest BCUT2D eigenvalue weighted by Crippen LogP contribution is 2.28. The maximum atomic E-state index is 14.8. The number of hydrogen-bond donors (Lipinski definition) is 1. The Morgan fingerprint density at radius 2 is 2.04 bits per heavy atom. The predicted molar refractivity (Wildman–Crippen MR) is 90.9 cm³/mol. The molecule has 3 aromatic rings. The molecule has 5 nitrogen and oxygen atoms in total. The van der Waals surface area contributed by atoms with Gasteiger partial charge < -0.3 is 5.11 Å². The van der Waals surface area contributed by atoms with E-state index < -0.39 is 5.60 Å². The molecule has 24 heavy (non-hydrogen) atoms. The van der Waals surface area contributed by atoms with Crippen LogP contribution in [0.1, 0.15) is 38.6 Å². The summed E-state index contributed by atoms with van der Waals surface area (Å²) in [4.78, 5) is 12.5. The van der Waals surface area contributed by atoms with Gasteiger partial charge in [0.05, 0.1) is 16.8 Å². The van der Waals surface area contributed by atoms with Crippen LogP contribution in [0.3, 0.4) is 0 Å². The minimum Gasteiger partial charge on any atom is -0.384 e. The molecular formula is C17H18ClFN4O. The van der Waals surface area contributed by atoms with Crippen molar-refractivity contribution >= 4 is 22.6 Å². The molecule has 7 heteroatoms. The van der Waals surface area contributed by atoms with Gasteiger partial charge in [0, 0.05) is 6.20 Å². The summed E-state index contributed by atoms with van der Waals surface area (Å²) in [5.74, 6) is 0.126. The Labute approximate surface area is 144 Å². The zero-order chi connectivity index (χ0) is 17.5. The Bertz CT molecular complexity index is 901. The van der Waals surface area contributed by atoms with Gasteiger partial charge in [-0.05, 0) is 44.0 Å². The van der Waals surface area contributed by atoms with Crippen LogP contribution in [0.15, 0.2) is 24.4 Å². The van der Waals surface area contributed by atoms with Gasteiger partial charge in [-0.2, -0.15) is 4.98 Å². The van der Waals surface area contributed by atoms with Gasteiger partial charge in [-0.1, -0.05) is 19.4 Å². The van der Waals surface area contributed by atoms with Gasteiger partial charge in [-0.3, -0.25) is 4.57 Å². The van der Waals surface area contributed by atoms with E-state index in [-0.39, 0.29) is 11.1 Å². The van der Waals surface area contributed by atoms with Crippen molar-refractivity contribution in [1.82, 2.24) is 19.5 Å². The SMILES string of the molecule is CCCc1c(F)c2cnc(Cl)nc2n1-c1cccc(C(C)(C)O)n1. The normalized spacial score (nSPS) is 12.1. The second kappa shape index (κ2) is 6.11. The number of halogens is 2. The van der Waals surface area contributed by atoms with Gasteiger partial charge in [0.25, 0.3) is 0 Å². The number of nitrogens with zero attached hydrogens (tertiary/aromatic N) is 4. The second-order valence-electron chi connectivity index (χ2n) is 6.16. The molecule has 0 atom stereocenters. The van der Waals surface area contributed by atoms with Gasteiger partial charge in [0.2, 0.25) is 5.28 Å². The largest absolute Gasteiger partial charge is 0.384 e. The topological polar surface area (TPSA) is 63.8 Å². The van der Waals surface area contributed by atoms with Crippen molar-refractivity contribution in [3.63, 3.8) is 0 Å². The standard InChI is InChI=1S/C17H18ClFN4O/c1-4-6-11-14(19)10-9-20-16(18)22-15(10)23(11)13-8-5-7-12(21-13)17(2,3)24/h5,7-9,24H,4,6H2,1-3H3. The van der Waals surface area contributed by atoms with Crippen LogP contribution in [-0.2, 0) is 12.0 Å². The quantitative estimate of drug-likeness (QED) is 0.729. The van der Waals surface area contributed by atoms with Crippen LogP contribution in [0.25, 0.3) is 16.9 Å². The molecule has 0 spiro atoms. The van der Waals surface area contributed by atoms with Gasteiger partial charge in [0.15, 0.2) is 11.5 Å². The van der Waals surface area contributed by atoms with Crippen molar-refractivity contribution < 1.29 is 9.50 Å². The van der Waals surface area contributed by atoms with E-state index in [4.69, 9.17) is 11.6 Å². The molecule has 0 amide bonds. The smallest absolute Gasteiger partial charge is 0.224 e. The highest BCUT2D eigenvalue weighted by Gasteiger charge is 2.23. The lowest BCUT2D eigenvalue weighted by Gasteiger charge is -2.18. The first kappa shape index (κ1) is 16.8. The summed E-state index contributed by atoms with van der Waals surface area (Å²) in [6, 6.07) is 5.26. The molecule has 3 aromatic heterocycles. The van der Waals surface area contributed by atoms with E-state index in [1.807, 2.05) is 6.92 Å². The van der Waals surface area contributed by atoms with Crippen LogP contribution >= 0.6 is 11.6 Å². The Hall–Kier alpha value is -2.05. The molecular weight excluding hydrogens is 331 g/mol. The van der Waals surface area contributed by atoms with Crippen molar-refractivity contribution in [2.45, 2.75) is 39.2 Å². The Morgan fingerprint density at radius 3 is 2.71 bits per heavy atom. The Balaban J connectivity index is 2.32. The Morgan fingerprint density at radius 1 is 1.29 bits per heavy atom. The van der Waals surface area contributed by atoms with Crippen molar-refractivity contribution in [3.8, 4) is 5.82 Å². The first-order valence-corrected chi connectivity index (χ1v) is 8.12. The molecule has 0 saturated carbocycles. The van der Waals surface area contributed by atoms with Crippen LogP contribution < -0.4 is 0 Å². The van der Waals surface area contributed by atoms with Crippen molar-refractivity contribution in [2.24, 2.45) is 0 Å². The van der Waals surface area contributed by atoms with Crippen LogP contribution in [0.5, 0.6) is 0 Å². The summed E-state index contributed by atoms with van der Waals surface area (Å²) in [5.41, 5.74) is 0.236.